The monoisotopic (exact) mass is 385 g/mol. The van der Waals surface area contributed by atoms with Crippen molar-refractivity contribution in [1.29, 1.82) is 0 Å². The van der Waals surface area contributed by atoms with Crippen LogP contribution in [0.3, 0.4) is 0 Å². The lowest BCUT2D eigenvalue weighted by Crippen LogP contribution is -2.10. The number of ether oxygens (including phenoxy) is 2. The molecule has 0 bridgehead atoms. The zero-order valence-corrected chi connectivity index (χ0v) is 16.8. The van der Waals surface area contributed by atoms with Gasteiger partial charge in [-0.25, -0.2) is 9.97 Å². The Bertz CT molecular complexity index is 1200. The summed E-state index contributed by atoms with van der Waals surface area (Å²) in [6.07, 6.45) is 1.64. The van der Waals surface area contributed by atoms with Crippen LogP contribution in [0.15, 0.2) is 61.2 Å². The number of benzene rings is 3. The van der Waals surface area contributed by atoms with E-state index in [9.17, 15) is 0 Å². The summed E-state index contributed by atoms with van der Waals surface area (Å²) in [4.78, 5) is 9.22. The van der Waals surface area contributed by atoms with E-state index in [4.69, 9.17) is 9.47 Å². The molecule has 0 saturated carbocycles. The van der Waals surface area contributed by atoms with Gasteiger partial charge in [0, 0.05) is 11.5 Å². The van der Waals surface area contributed by atoms with E-state index >= 15 is 0 Å². The maximum Gasteiger partial charge on any atom is 0.162 e. The van der Waals surface area contributed by atoms with E-state index in [0.717, 1.165) is 16.7 Å². The molecule has 0 aliphatic rings. The Balaban J connectivity index is 1.83. The molecular weight excluding hydrogens is 362 g/mol. The predicted molar refractivity (Wildman–Crippen MR) is 119 cm³/mol. The average Bonchev–Trinajstić information content (AvgIpc) is 2.77. The Hall–Kier alpha value is -3.60. The summed E-state index contributed by atoms with van der Waals surface area (Å²) in [5, 5.41) is 6.85. The summed E-state index contributed by atoms with van der Waals surface area (Å²) in [5.41, 5.74) is 1.97. The van der Waals surface area contributed by atoms with Crippen molar-refractivity contribution < 1.29 is 9.47 Å². The topological polar surface area (TPSA) is 56.3 Å². The summed E-state index contributed by atoms with van der Waals surface area (Å²) in [6, 6.07) is 18.5. The summed E-state index contributed by atoms with van der Waals surface area (Å²) < 4.78 is 10.9. The molecule has 1 atom stereocenters. The Morgan fingerprint density at radius 2 is 1.66 bits per heavy atom. The van der Waals surface area contributed by atoms with E-state index in [1.807, 2.05) is 12.1 Å². The second-order valence-corrected chi connectivity index (χ2v) is 6.79. The third kappa shape index (κ3) is 3.47. The van der Waals surface area contributed by atoms with Crippen LogP contribution in [0.1, 0.15) is 24.4 Å². The van der Waals surface area contributed by atoms with Crippen molar-refractivity contribution in [2.45, 2.75) is 13.0 Å². The average molecular weight is 385 g/mol. The van der Waals surface area contributed by atoms with Crippen LogP contribution in [0.2, 0.25) is 0 Å². The molecule has 0 aliphatic heterocycles. The fourth-order valence-electron chi connectivity index (χ4n) is 3.59. The summed E-state index contributed by atoms with van der Waals surface area (Å²) in [5.74, 6) is 2.54. The van der Waals surface area contributed by atoms with E-state index < -0.39 is 0 Å². The molecule has 1 unspecified atom stereocenters. The molecule has 0 fully saturated rings. The quantitative estimate of drug-likeness (QED) is 0.467. The highest BCUT2D eigenvalue weighted by atomic mass is 16.5. The van der Waals surface area contributed by atoms with E-state index in [-0.39, 0.29) is 6.04 Å². The number of aromatic nitrogens is 2. The Labute approximate surface area is 170 Å². The maximum atomic E-state index is 5.47. The molecule has 0 spiro atoms. The van der Waals surface area contributed by atoms with Gasteiger partial charge in [0.2, 0.25) is 0 Å². The summed E-state index contributed by atoms with van der Waals surface area (Å²) in [6.45, 7) is 5.95. The zero-order chi connectivity index (χ0) is 20.4. The predicted octanol–water partition coefficient (Wildman–Crippen LogP) is 5.62. The SMILES string of the molecule is C=Cc1nc(NC(C)c2cccc3ccccc23)c2cc(OC)c(OC)cc2n1. The number of hydrogen-bond acceptors (Lipinski definition) is 5. The molecule has 146 valence electrons. The number of hydrogen-bond donors (Lipinski definition) is 1. The molecule has 1 N–H and O–H groups in total. The molecular formula is C24H23N3O2. The van der Waals surface area contributed by atoms with Crippen molar-refractivity contribution in [1.82, 2.24) is 9.97 Å². The van der Waals surface area contributed by atoms with E-state index in [1.165, 1.54) is 16.3 Å². The van der Waals surface area contributed by atoms with Gasteiger partial charge in [-0.2, -0.15) is 0 Å². The number of fused-ring (bicyclic) bond motifs is 2. The van der Waals surface area contributed by atoms with Crippen molar-refractivity contribution in [2.24, 2.45) is 0 Å². The first-order valence-corrected chi connectivity index (χ1v) is 9.45. The van der Waals surface area contributed by atoms with Crippen LogP contribution >= 0.6 is 0 Å². The Kier molecular flexibility index (Phi) is 5.04. The first-order valence-electron chi connectivity index (χ1n) is 9.45. The molecule has 1 aromatic heterocycles. The van der Waals surface area contributed by atoms with Gasteiger partial charge in [0.25, 0.3) is 0 Å². The van der Waals surface area contributed by atoms with Gasteiger partial charge < -0.3 is 14.8 Å². The Morgan fingerprint density at radius 3 is 2.41 bits per heavy atom. The Morgan fingerprint density at radius 1 is 0.931 bits per heavy atom. The van der Waals surface area contributed by atoms with Crippen LogP contribution in [0, 0.1) is 0 Å². The molecule has 29 heavy (non-hydrogen) atoms. The van der Waals surface area contributed by atoms with Gasteiger partial charge in [-0.3, -0.25) is 0 Å². The van der Waals surface area contributed by atoms with Crippen LogP contribution in [-0.4, -0.2) is 24.2 Å². The molecule has 0 amide bonds. The van der Waals surface area contributed by atoms with Crippen LogP contribution < -0.4 is 14.8 Å². The molecule has 1 heterocycles. The van der Waals surface area contributed by atoms with Crippen LogP contribution in [0.4, 0.5) is 5.82 Å². The van der Waals surface area contributed by atoms with Crippen molar-refractivity contribution in [3.8, 4) is 11.5 Å². The molecule has 5 heteroatoms. The standard InChI is InChI=1S/C24H23N3O2/c1-5-23-26-20-14-22(29-4)21(28-3)13-19(20)24(27-23)25-15(2)17-12-8-10-16-9-6-7-11-18(16)17/h5-15H,1H2,2-4H3,(H,25,26,27). The molecule has 4 rings (SSSR count). The van der Waals surface area contributed by atoms with Gasteiger partial charge in [-0.1, -0.05) is 49.0 Å². The van der Waals surface area contributed by atoms with Crippen molar-refractivity contribution in [3.63, 3.8) is 0 Å². The van der Waals surface area contributed by atoms with Gasteiger partial charge in [-0.15, -0.1) is 0 Å². The number of anilines is 1. The van der Waals surface area contributed by atoms with Crippen molar-refractivity contribution in [2.75, 3.05) is 19.5 Å². The number of methoxy groups -OCH3 is 2. The van der Waals surface area contributed by atoms with Crippen LogP contribution in [0.25, 0.3) is 27.8 Å². The van der Waals surface area contributed by atoms with Crippen molar-refractivity contribution in [3.05, 3.63) is 72.6 Å². The molecule has 4 aromatic rings. The van der Waals surface area contributed by atoms with E-state index in [0.29, 0.717) is 17.3 Å². The fraction of sp³-hybridized carbons (Fsp3) is 0.167. The smallest absolute Gasteiger partial charge is 0.162 e. The van der Waals surface area contributed by atoms with Gasteiger partial charge in [0.1, 0.15) is 5.82 Å². The van der Waals surface area contributed by atoms with Crippen LogP contribution in [-0.2, 0) is 0 Å². The molecule has 0 radical (unpaired) electrons. The van der Waals surface area contributed by atoms with E-state index in [2.05, 4.69) is 71.3 Å². The third-order valence-corrected chi connectivity index (χ3v) is 5.04. The van der Waals surface area contributed by atoms with Gasteiger partial charge >= 0.3 is 0 Å². The molecule has 5 nitrogen and oxygen atoms in total. The second-order valence-electron chi connectivity index (χ2n) is 6.79. The van der Waals surface area contributed by atoms with Gasteiger partial charge in [0.05, 0.1) is 25.8 Å². The van der Waals surface area contributed by atoms with Gasteiger partial charge in [0.15, 0.2) is 17.3 Å². The highest BCUT2D eigenvalue weighted by molar-refractivity contribution is 5.93. The second kappa shape index (κ2) is 7.80. The lowest BCUT2D eigenvalue weighted by atomic mass is 9.99. The van der Waals surface area contributed by atoms with Crippen molar-refractivity contribution >= 4 is 33.6 Å². The first-order chi connectivity index (χ1) is 14.1. The number of nitrogens with one attached hydrogen (secondary N) is 1. The minimum absolute atomic E-state index is 0.0324. The maximum absolute atomic E-state index is 5.47. The largest absolute Gasteiger partial charge is 0.493 e. The summed E-state index contributed by atoms with van der Waals surface area (Å²) >= 11 is 0. The zero-order valence-electron chi connectivity index (χ0n) is 16.8. The highest BCUT2D eigenvalue weighted by Gasteiger charge is 2.16. The molecule has 0 saturated heterocycles. The fourth-order valence-corrected chi connectivity index (χ4v) is 3.59. The van der Waals surface area contributed by atoms with E-state index in [1.54, 1.807) is 20.3 Å². The van der Waals surface area contributed by atoms with Crippen LogP contribution in [0.5, 0.6) is 11.5 Å². The molecule has 3 aromatic carbocycles. The minimum atomic E-state index is 0.0324. The normalized spacial score (nSPS) is 12.0. The summed E-state index contributed by atoms with van der Waals surface area (Å²) in [7, 11) is 3.23. The first kappa shape index (κ1) is 18.7. The minimum Gasteiger partial charge on any atom is -0.493 e. The van der Waals surface area contributed by atoms with Gasteiger partial charge in [-0.05, 0) is 35.4 Å². The number of nitrogens with zero attached hydrogens (tertiary/aromatic N) is 2. The lowest BCUT2D eigenvalue weighted by molar-refractivity contribution is 0.356. The lowest BCUT2D eigenvalue weighted by Gasteiger charge is -2.19. The third-order valence-electron chi connectivity index (χ3n) is 5.04. The number of rotatable bonds is 6. The highest BCUT2D eigenvalue weighted by Crippen LogP contribution is 2.35. The molecule has 0 aliphatic carbocycles.